The zero-order chi connectivity index (χ0) is 15.4. The van der Waals surface area contributed by atoms with E-state index < -0.39 is 0 Å². The highest BCUT2D eigenvalue weighted by atomic mass is 19.1. The number of rotatable bonds is 5. The van der Waals surface area contributed by atoms with Gasteiger partial charge in [-0.05, 0) is 47.8 Å². The van der Waals surface area contributed by atoms with E-state index in [0.717, 1.165) is 24.8 Å². The molecule has 0 saturated heterocycles. The van der Waals surface area contributed by atoms with E-state index >= 15 is 0 Å². The lowest BCUT2D eigenvalue weighted by molar-refractivity contribution is 0.260. The Morgan fingerprint density at radius 2 is 1.65 bits per heavy atom. The third kappa shape index (κ3) is 6.93. The lowest BCUT2D eigenvalue weighted by Gasteiger charge is -2.19. The molecule has 1 aromatic carbocycles. The van der Waals surface area contributed by atoms with E-state index in [1.807, 2.05) is 6.07 Å². The van der Waals surface area contributed by atoms with Crippen molar-refractivity contribution in [3.05, 3.63) is 29.6 Å². The summed E-state index contributed by atoms with van der Waals surface area (Å²) < 4.78 is 19.5. The first kappa shape index (κ1) is 17.0. The molecule has 0 fully saturated rings. The highest BCUT2D eigenvalue weighted by Gasteiger charge is 2.14. The fraction of sp³-hybridized carbons (Fsp3) is 0.667. The first-order valence-electron chi connectivity index (χ1n) is 7.48. The molecule has 0 radical (unpaired) electrons. The molecule has 0 saturated carbocycles. The van der Waals surface area contributed by atoms with Crippen LogP contribution in [-0.2, 0) is 6.42 Å². The van der Waals surface area contributed by atoms with Crippen LogP contribution < -0.4 is 4.74 Å². The molecule has 0 heterocycles. The lowest BCUT2D eigenvalue weighted by Crippen LogP contribution is -2.10. The second-order valence-corrected chi connectivity index (χ2v) is 8.01. The van der Waals surface area contributed by atoms with E-state index in [4.69, 9.17) is 4.74 Å². The van der Waals surface area contributed by atoms with E-state index in [9.17, 15) is 4.39 Å². The van der Waals surface area contributed by atoms with Gasteiger partial charge >= 0.3 is 0 Å². The Kier molecular flexibility index (Phi) is 5.61. The fourth-order valence-electron chi connectivity index (χ4n) is 2.17. The minimum atomic E-state index is -0.248. The summed E-state index contributed by atoms with van der Waals surface area (Å²) in [4.78, 5) is 0. The van der Waals surface area contributed by atoms with Gasteiger partial charge in [0.05, 0.1) is 6.61 Å². The van der Waals surface area contributed by atoms with E-state index in [1.54, 1.807) is 12.1 Å². The molecule has 0 N–H and O–H groups in total. The molecule has 1 nitrogen and oxygen atoms in total. The zero-order valence-corrected chi connectivity index (χ0v) is 13.8. The van der Waals surface area contributed by atoms with Crippen LogP contribution in [0.1, 0.15) is 59.9 Å². The molecule has 0 spiro atoms. The van der Waals surface area contributed by atoms with Crippen LogP contribution >= 0.6 is 0 Å². The highest BCUT2D eigenvalue weighted by molar-refractivity contribution is 5.29. The quantitative estimate of drug-likeness (QED) is 0.636. The first-order chi connectivity index (χ1) is 9.07. The summed E-state index contributed by atoms with van der Waals surface area (Å²) in [5, 5.41) is 0. The van der Waals surface area contributed by atoms with Crippen molar-refractivity contribution in [1.82, 2.24) is 0 Å². The Labute approximate surface area is 123 Å². The highest BCUT2D eigenvalue weighted by Crippen LogP contribution is 2.25. The molecule has 20 heavy (non-hydrogen) atoms. The molecule has 0 atom stereocenters. The van der Waals surface area contributed by atoms with Gasteiger partial charge in [-0.25, -0.2) is 4.39 Å². The molecular formula is C18H29FO. The van der Waals surface area contributed by atoms with Crippen molar-refractivity contribution in [2.24, 2.45) is 10.8 Å². The summed E-state index contributed by atoms with van der Waals surface area (Å²) in [6, 6.07) is 5.32. The maximum absolute atomic E-state index is 14.0. The fourth-order valence-corrected chi connectivity index (χ4v) is 2.17. The van der Waals surface area contributed by atoms with Crippen molar-refractivity contribution in [3.63, 3.8) is 0 Å². The molecule has 0 bridgehead atoms. The third-order valence-corrected chi connectivity index (χ3v) is 3.06. The van der Waals surface area contributed by atoms with Gasteiger partial charge in [-0.2, -0.15) is 0 Å². The lowest BCUT2D eigenvalue weighted by atomic mass is 9.88. The summed E-state index contributed by atoms with van der Waals surface area (Å²) in [6.45, 7) is 13.6. The summed E-state index contributed by atoms with van der Waals surface area (Å²) in [5.74, 6) is 0.124. The molecule has 114 valence electrons. The van der Waals surface area contributed by atoms with Crippen LogP contribution in [0.25, 0.3) is 0 Å². The average molecular weight is 280 g/mol. The van der Waals surface area contributed by atoms with Crippen molar-refractivity contribution in [3.8, 4) is 5.75 Å². The van der Waals surface area contributed by atoms with E-state index in [1.165, 1.54) is 0 Å². The molecule has 0 unspecified atom stereocenters. The Bertz CT molecular complexity index is 424. The van der Waals surface area contributed by atoms with Crippen molar-refractivity contribution < 1.29 is 9.13 Å². The van der Waals surface area contributed by atoms with Gasteiger partial charge in [0, 0.05) is 0 Å². The van der Waals surface area contributed by atoms with Crippen LogP contribution in [0.4, 0.5) is 4.39 Å². The second kappa shape index (κ2) is 6.60. The van der Waals surface area contributed by atoms with Gasteiger partial charge < -0.3 is 4.74 Å². The van der Waals surface area contributed by atoms with Gasteiger partial charge in [0.15, 0.2) is 11.6 Å². The average Bonchev–Trinajstić information content (AvgIpc) is 2.23. The predicted molar refractivity (Wildman–Crippen MR) is 83.7 cm³/mol. The monoisotopic (exact) mass is 280 g/mol. The van der Waals surface area contributed by atoms with Crippen LogP contribution in [0.2, 0.25) is 0 Å². The summed E-state index contributed by atoms with van der Waals surface area (Å²) in [6.07, 6.45) is 2.90. The molecule has 0 aliphatic heterocycles. The normalized spacial score (nSPS) is 12.6. The second-order valence-electron chi connectivity index (χ2n) is 8.01. The maximum atomic E-state index is 14.0. The summed E-state index contributed by atoms with van der Waals surface area (Å²) >= 11 is 0. The molecular weight excluding hydrogens is 251 g/mol. The minimum absolute atomic E-state index is 0.168. The zero-order valence-electron chi connectivity index (χ0n) is 13.8. The number of hydrogen-bond donors (Lipinski definition) is 0. The van der Waals surface area contributed by atoms with Crippen LogP contribution in [0.3, 0.4) is 0 Å². The van der Waals surface area contributed by atoms with E-state index in [-0.39, 0.29) is 11.2 Å². The molecule has 0 amide bonds. The topological polar surface area (TPSA) is 9.23 Å². The molecule has 0 aromatic heterocycles. The largest absolute Gasteiger partial charge is 0.491 e. The van der Waals surface area contributed by atoms with Gasteiger partial charge in [-0.1, -0.05) is 47.6 Å². The van der Waals surface area contributed by atoms with Crippen molar-refractivity contribution in [1.29, 1.82) is 0 Å². The molecule has 0 aliphatic rings. The number of hydrogen-bond acceptors (Lipinski definition) is 1. The van der Waals surface area contributed by atoms with Gasteiger partial charge in [0.25, 0.3) is 0 Å². The maximum Gasteiger partial charge on any atom is 0.165 e. The van der Waals surface area contributed by atoms with Crippen LogP contribution in [0.5, 0.6) is 5.75 Å². The molecule has 1 rings (SSSR count). The van der Waals surface area contributed by atoms with Gasteiger partial charge in [-0.15, -0.1) is 0 Å². The van der Waals surface area contributed by atoms with Crippen LogP contribution in [0, 0.1) is 16.6 Å². The van der Waals surface area contributed by atoms with Crippen molar-refractivity contribution >= 4 is 0 Å². The molecule has 1 aromatic rings. The Morgan fingerprint density at radius 3 is 2.15 bits per heavy atom. The number of benzene rings is 1. The van der Waals surface area contributed by atoms with Crippen molar-refractivity contribution in [2.75, 3.05) is 6.61 Å². The summed E-state index contributed by atoms with van der Waals surface area (Å²) in [7, 11) is 0. The summed E-state index contributed by atoms with van der Waals surface area (Å²) in [5.41, 5.74) is 1.50. The first-order valence-corrected chi connectivity index (χ1v) is 7.48. The van der Waals surface area contributed by atoms with Gasteiger partial charge in [-0.3, -0.25) is 0 Å². The van der Waals surface area contributed by atoms with Crippen molar-refractivity contribution in [2.45, 2.75) is 60.8 Å². The molecule has 2 heteroatoms. The standard InChI is InChI=1S/C18H29FO/c1-17(2,3)10-7-11-20-16-9-8-14(12-15(16)19)13-18(4,5)6/h8-9,12H,7,10-11,13H2,1-6H3. The molecule has 0 aliphatic carbocycles. The Hall–Kier alpha value is -1.05. The number of ether oxygens (including phenoxy) is 1. The van der Waals surface area contributed by atoms with E-state index in [0.29, 0.717) is 17.8 Å². The minimum Gasteiger partial charge on any atom is -0.491 e. The smallest absolute Gasteiger partial charge is 0.165 e. The van der Waals surface area contributed by atoms with Gasteiger partial charge in [0.2, 0.25) is 0 Å². The Balaban J connectivity index is 2.52. The predicted octanol–water partition coefficient (Wildman–Crippen LogP) is 5.62. The Morgan fingerprint density at radius 1 is 1.00 bits per heavy atom. The van der Waals surface area contributed by atoms with Crippen LogP contribution in [-0.4, -0.2) is 6.61 Å². The SMILES string of the molecule is CC(C)(C)CCCOc1ccc(CC(C)(C)C)cc1F. The van der Waals surface area contributed by atoms with E-state index in [2.05, 4.69) is 41.5 Å². The van der Waals surface area contributed by atoms with Crippen LogP contribution in [0.15, 0.2) is 18.2 Å². The van der Waals surface area contributed by atoms with Gasteiger partial charge in [0.1, 0.15) is 0 Å². The third-order valence-electron chi connectivity index (χ3n) is 3.06. The number of halogens is 1.